The molecule has 1 aliphatic heterocycles. The minimum Gasteiger partial charge on any atom is -0.383 e. The van der Waals surface area contributed by atoms with Crippen molar-refractivity contribution in [3.8, 4) is 0 Å². The molecule has 18 heavy (non-hydrogen) atoms. The standard InChI is InChI=1S/C8H10O2S3.C3H9NO/c9-13(10,7-3-5-11-6-7)8-2-1-4-12-8;1-5-3-2-4/h1-2,4,7H,3,5-6H2;2-4H2,1H3. The lowest BCUT2D eigenvalue weighted by Gasteiger charge is -2.07. The molecule has 1 atom stereocenters. The lowest BCUT2D eigenvalue weighted by atomic mass is 10.4. The summed E-state index contributed by atoms with van der Waals surface area (Å²) in [6.45, 7) is 1.29. The number of methoxy groups -OCH3 is 1. The Bertz CT molecular complexity index is 409. The maximum Gasteiger partial charge on any atom is 0.191 e. The van der Waals surface area contributed by atoms with E-state index in [1.165, 1.54) is 11.3 Å². The third-order valence-electron chi connectivity index (χ3n) is 2.42. The molecule has 1 unspecified atom stereocenters. The summed E-state index contributed by atoms with van der Waals surface area (Å²) in [5.41, 5.74) is 5.01. The van der Waals surface area contributed by atoms with Crippen LogP contribution in [0.2, 0.25) is 0 Å². The van der Waals surface area contributed by atoms with Gasteiger partial charge in [-0.1, -0.05) is 6.07 Å². The summed E-state index contributed by atoms with van der Waals surface area (Å²) in [4.78, 5) is 0. The Labute approximate surface area is 117 Å². The Kier molecular flexibility index (Phi) is 7.25. The molecule has 0 spiro atoms. The van der Waals surface area contributed by atoms with Crippen LogP contribution in [0.4, 0.5) is 0 Å². The molecule has 2 N–H and O–H groups in total. The molecular weight excluding hydrogens is 290 g/mol. The average Bonchev–Trinajstić information content (AvgIpc) is 3.05. The van der Waals surface area contributed by atoms with Crippen LogP contribution >= 0.6 is 23.1 Å². The first-order valence-corrected chi connectivity index (χ1v) is 9.25. The molecule has 0 amide bonds. The van der Waals surface area contributed by atoms with Crippen molar-refractivity contribution in [3.63, 3.8) is 0 Å². The van der Waals surface area contributed by atoms with Crippen LogP contribution in [0.15, 0.2) is 21.7 Å². The highest BCUT2D eigenvalue weighted by atomic mass is 32.2. The maximum absolute atomic E-state index is 11.9. The van der Waals surface area contributed by atoms with E-state index in [4.69, 9.17) is 5.73 Å². The van der Waals surface area contributed by atoms with Gasteiger partial charge in [-0.05, 0) is 23.6 Å². The van der Waals surface area contributed by atoms with Crippen LogP contribution in [0, 0.1) is 0 Å². The van der Waals surface area contributed by atoms with Gasteiger partial charge in [-0.2, -0.15) is 11.8 Å². The molecule has 104 valence electrons. The monoisotopic (exact) mass is 309 g/mol. The fourth-order valence-electron chi connectivity index (χ4n) is 1.47. The fraction of sp³-hybridized carbons (Fsp3) is 0.636. The molecule has 1 fully saturated rings. The molecule has 4 nitrogen and oxygen atoms in total. The first kappa shape index (κ1) is 16.0. The molecule has 1 aromatic heterocycles. The number of thioether (sulfide) groups is 1. The highest BCUT2D eigenvalue weighted by Crippen LogP contribution is 2.30. The second-order valence-corrected chi connectivity index (χ2v) is 8.30. The summed E-state index contributed by atoms with van der Waals surface area (Å²) < 4.78 is 28.9. The van der Waals surface area contributed by atoms with Crippen molar-refractivity contribution < 1.29 is 13.2 Å². The number of sulfone groups is 1. The van der Waals surface area contributed by atoms with Crippen LogP contribution in [-0.4, -0.2) is 45.4 Å². The Morgan fingerprint density at radius 1 is 1.56 bits per heavy atom. The zero-order chi connectivity index (χ0) is 13.4. The molecule has 2 rings (SSSR count). The summed E-state index contributed by atoms with van der Waals surface area (Å²) in [7, 11) is -1.37. The first-order valence-electron chi connectivity index (χ1n) is 5.67. The van der Waals surface area contributed by atoms with E-state index in [1.54, 1.807) is 31.0 Å². The van der Waals surface area contributed by atoms with Gasteiger partial charge in [-0.25, -0.2) is 8.42 Å². The maximum atomic E-state index is 11.9. The van der Waals surface area contributed by atoms with Gasteiger partial charge < -0.3 is 10.5 Å². The molecule has 7 heteroatoms. The summed E-state index contributed by atoms with van der Waals surface area (Å²) in [6, 6.07) is 3.49. The first-order chi connectivity index (χ1) is 8.62. The average molecular weight is 309 g/mol. The summed E-state index contributed by atoms with van der Waals surface area (Å²) >= 11 is 3.05. The smallest absolute Gasteiger partial charge is 0.191 e. The van der Waals surface area contributed by atoms with E-state index in [1.807, 2.05) is 5.38 Å². The third-order valence-corrected chi connectivity index (χ3v) is 7.42. The zero-order valence-electron chi connectivity index (χ0n) is 10.4. The molecule has 0 aromatic carbocycles. The molecule has 0 aliphatic carbocycles. The minimum absolute atomic E-state index is 0.142. The van der Waals surface area contributed by atoms with Crippen molar-refractivity contribution in [2.24, 2.45) is 5.73 Å². The normalized spacial score (nSPS) is 19.3. The van der Waals surface area contributed by atoms with Gasteiger partial charge >= 0.3 is 0 Å². The van der Waals surface area contributed by atoms with Gasteiger partial charge in [0.15, 0.2) is 9.84 Å². The van der Waals surface area contributed by atoms with E-state index in [0.29, 0.717) is 17.4 Å². The van der Waals surface area contributed by atoms with E-state index in [9.17, 15) is 8.42 Å². The van der Waals surface area contributed by atoms with E-state index in [-0.39, 0.29) is 5.25 Å². The van der Waals surface area contributed by atoms with Gasteiger partial charge in [0, 0.05) is 19.4 Å². The molecular formula is C11H19NO3S3. The quantitative estimate of drug-likeness (QED) is 0.915. The van der Waals surface area contributed by atoms with Crippen molar-refractivity contribution in [1.29, 1.82) is 0 Å². The van der Waals surface area contributed by atoms with E-state index in [2.05, 4.69) is 4.74 Å². The van der Waals surface area contributed by atoms with Crippen LogP contribution in [0.25, 0.3) is 0 Å². The molecule has 2 heterocycles. The largest absolute Gasteiger partial charge is 0.383 e. The van der Waals surface area contributed by atoms with E-state index >= 15 is 0 Å². The summed E-state index contributed by atoms with van der Waals surface area (Å²) in [5.74, 6) is 1.75. The molecule has 0 bridgehead atoms. The van der Waals surface area contributed by atoms with E-state index in [0.717, 1.165) is 17.9 Å². The number of thiophene rings is 1. The van der Waals surface area contributed by atoms with Crippen molar-refractivity contribution in [3.05, 3.63) is 17.5 Å². The van der Waals surface area contributed by atoms with Crippen molar-refractivity contribution in [2.45, 2.75) is 15.9 Å². The van der Waals surface area contributed by atoms with Gasteiger partial charge in [0.05, 0.1) is 11.9 Å². The van der Waals surface area contributed by atoms with E-state index < -0.39 is 9.84 Å². The Morgan fingerprint density at radius 2 is 2.33 bits per heavy atom. The molecule has 1 aliphatic rings. The molecule has 0 saturated carbocycles. The number of hydrogen-bond donors (Lipinski definition) is 1. The summed E-state index contributed by atoms with van der Waals surface area (Å²) in [5, 5.41) is 1.67. The predicted molar refractivity (Wildman–Crippen MR) is 78.2 cm³/mol. The lowest BCUT2D eigenvalue weighted by Crippen LogP contribution is -2.19. The predicted octanol–water partition coefficient (Wildman–Crippen LogP) is 1.62. The highest BCUT2D eigenvalue weighted by Gasteiger charge is 2.31. The van der Waals surface area contributed by atoms with Crippen LogP contribution in [-0.2, 0) is 14.6 Å². The van der Waals surface area contributed by atoms with Crippen LogP contribution in [0.1, 0.15) is 6.42 Å². The van der Waals surface area contributed by atoms with Crippen LogP contribution < -0.4 is 5.73 Å². The van der Waals surface area contributed by atoms with Crippen molar-refractivity contribution >= 4 is 32.9 Å². The Morgan fingerprint density at radius 3 is 2.72 bits per heavy atom. The third kappa shape index (κ3) is 4.55. The van der Waals surface area contributed by atoms with Gasteiger partial charge in [0.2, 0.25) is 0 Å². The second kappa shape index (κ2) is 8.16. The van der Waals surface area contributed by atoms with Gasteiger partial charge in [0.1, 0.15) is 4.21 Å². The summed E-state index contributed by atoms with van der Waals surface area (Å²) in [6.07, 6.45) is 0.810. The topological polar surface area (TPSA) is 69.4 Å². The molecule has 1 saturated heterocycles. The number of rotatable bonds is 4. The fourth-order valence-corrected chi connectivity index (χ4v) is 6.25. The van der Waals surface area contributed by atoms with Crippen LogP contribution in [0.5, 0.6) is 0 Å². The minimum atomic E-state index is -3.00. The number of hydrogen-bond acceptors (Lipinski definition) is 6. The van der Waals surface area contributed by atoms with Crippen LogP contribution in [0.3, 0.4) is 0 Å². The Hall–Kier alpha value is -0.0800. The van der Waals surface area contributed by atoms with Gasteiger partial charge in [0.25, 0.3) is 0 Å². The Balaban J connectivity index is 0.000000280. The van der Waals surface area contributed by atoms with Crippen molar-refractivity contribution in [1.82, 2.24) is 0 Å². The molecule has 1 aromatic rings. The van der Waals surface area contributed by atoms with Gasteiger partial charge in [-0.3, -0.25) is 0 Å². The lowest BCUT2D eigenvalue weighted by molar-refractivity contribution is 0.207. The second-order valence-electron chi connectivity index (χ2n) is 3.74. The number of nitrogens with two attached hydrogens (primary N) is 1. The number of ether oxygens (including phenoxy) is 1. The SMILES string of the molecule is COCCN.O=S(=O)(c1cccs1)C1CCSC1. The highest BCUT2D eigenvalue weighted by molar-refractivity contribution is 8.01. The van der Waals surface area contributed by atoms with Crippen molar-refractivity contribution in [2.75, 3.05) is 31.8 Å². The zero-order valence-corrected chi connectivity index (χ0v) is 12.8. The van der Waals surface area contributed by atoms with Gasteiger partial charge in [-0.15, -0.1) is 11.3 Å². The molecule has 0 radical (unpaired) electrons.